The molecule has 2 N–H and O–H groups in total. The first-order valence-electron chi connectivity index (χ1n) is 6.49. The minimum absolute atomic E-state index is 0.0713. The van der Waals surface area contributed by atoms with Crippen molar-refractivity contribution < 1.29 is 9.47 Å². The number of nitrogens with zero attached hydrogens (tertiary/aromatic N) is 3. The van der Waals surface area contributed by atoms with Crippen molar-refractivity contribution in [1.82, 2.24) is 15.0 Å². The molecule has 0 radical (unpaired) electrons. The van der Waals surface area contributed by atoms with Gasteiger partial charge in [0.15, 0.2) is 0 Å². The van der Waals surface area contributed by atoms with Crippen molar-refractivity contribution in [3.05, 3.63) is 11.9 Å². The van der Waals surface area contributed by atoms with Crippen LogP contribution < -0.4 is 5.73 Å². The topological polar surface area (TPSA) is 75.2 Å². The molecule has 0 spiro atoms. The molecule has 1 atom stereocenters. The van der Waals surface area contributed by atoms with Crippen LogP contribution in [0.3, 0.4) is 0 Å². The molecule has 0 aliphatic carbocycles. The molecule has 1 aliphatic rings. The highest BCUT2D eigenvalue weighted by Gasteiger charge is 2.39. The van der Waals surface area contributed by atoms with Crippen LogP contribution in [0, 0.1) is 0 Å². The van der Waals surface area contributed by atoms with Gasteiger partial charge in [0.1, 0.15) is 0 Å². The maximum atomic E-state index is 6.35. The Hall–Kier alpha value is -0.980. The van der Waals surface area contributed by atoms with Crippen molar-refractivity contribution in [2.24, 2.45) is 12.8 Å². The highest BCUT2D eigenvalue weighted by molar-refractivity contribution is 5.02. The third-order valence-electron chi connectivity index (χ3n) is 3.53. The summed E-state index contributed by atoms with van der Waals surface area (Å²) in [6.07, 6.45) is 4.29. The summed E-state index contributed by atoms with van der Waals surface area (Å²) in [6.45, 7) is 4.11. The zero-order valence-corrected chi connectivity index (χ0v) is 11.1. The summed E-state index contributed by atoms with van der Waals surface area (Å²) in [6, 6.07) is -0.0713. The van der Waals surface area contributed by atoms with Gasteiger partial charge in [0, 0.05) is 58.4 Å². The number of nitrogens with two attached hydrogens (primary N) is 1. The fourth-order valence-electron chi connectivity index (χ4n) is 2.53. The van der Waals surface area contributed by atoms with Gasteiger partial charge in [-0.3, -0.25) is 4.68 Å². The van der Waals surface area contributed by atoms with Crippen LogP contribution in [0.25, 0.3) is 0 Å². The lowest BCUT2D eigenvalue weighted by Crippen LogP contribution is -2.54. The average molecular weight is 254 g/mol. The number of aryl methyl sites for hydroxylation is 1. The third-order valence-corrected chi connectivity index (χ3v) is 3.53. The van der Waals surface area contributed by atoms with Crippen LogP contribution in [0.2, 0.25) is 0 Å². The fourth-order valence-corrected chi connectivity index (χ4v) is 2.53. The van der Waals surface area contributed by atoms with Gasteiger partial charge in [0.2, 0.25) is 0 Å². The van der Waals surface area contributed by atoms with Crippen LogP contribution in [0.5, 0.6) is 0 Å². The van der Waals surface area contributed by atoms with Crippen molar-refractivity contribution in [1.29, 1.82) is 0 Å². The number of hydrogen-bond acceptors (Lipinski definition) is 5. The van der Waals surface area contributed by atoms with Crippen LogP contribution in [0.1, 0.15) is 25.5 Å². The minimum atomic E-state index is -0.273. The smallest absolute Gasteiger partial charge is 0.0880 e. The van der Waals surface area contributed by atoms with Gasteiger partial charge < -0.3 is 15.2 Å². The lowest BCUT2D eigenvalue weighted by atomic mass is 9.84. The van der Waals surface area contributed by atoms with Gasteiger partial charge in [0.05, 0.1) is 11.3 Å². The highest BCUT2D eigenvalue weighted by Crippen LogP contribution is 2.29. The molecule has 1 fully saturated rings. The molecular formula is C12H22N4O2. The minimum Gasteiger partial charge on any atom is -0.381 e. The third kappa shape index (κ3) is 2.88. The van der Waals surface area contributed by atoms with Crippen LogP contribution in [-0.4, -0.2) is 46.5 Å². The van der Waals surface area contributed by atoms with Gasteiger partial charge in [-0.05, 0) is 6.92 Å². The Bertz CT molecular complexity index is 368. The van der Waals surface area contributed by atoms with Crippen molar-refractivity contribution in [3.63, 3.8) is 0 Å². The molecule has 6 heteroatoms. The lowest BCUT2D eigenvalue weighted by molar-refractivity contribution is -0.120. The SMILES string of the molecule is CCOC1(C(N)Cc2cn(C)nn2)CCOCC1. The Labute approximate surface area is 107 Å². The molecule has 1 unspecified atom stereocenters. The van der Waals surface area contributed by atoms with E-state index in [0.29, 0.717) is 26.2 Å². The van der Waals surface area contributed by atoms with Gasteiger partial charge in [-0.2, -0.15) is 0 Å². The first kappa shape index (κ1) is 13.5. The molecule has 2 heterocycles. The molecule has 0 aromatic carbocycles. The molecular weight excluding hydrogens is 232 g/mol. The maximum absolute atomic E-state index is 6.35. The Morgan fingerprint density at radius 1 is 1.56 bits per heavy atom. The summed E-state index contributed by atoms with van der Waals surface area (Å²) in [7, 11) is 1.86. The number of aromatic nitrogens is 3. The van der Waals surface area contributed by atoms with Gasteiger partial charge >= 0.3 is 0 Å². The molecule has 0 saturated carbocycles. The predicted octanol–water partition coefficient (Wildman–Crippen LogP) is 0.271. The summed E-state index contributed by atoms with van der Waals surface area (Å²) in [5.74, 6) is 0. The fraction of sp³-hybridized carbons (Fsp3) is 0.833. The Kier molecular flexibility index (Phi) is 4.31. The summed E-state index contributed by atoms with van der Waals surface area (Å²) in [4.78, 5) is 0. The van der Waals surface area contributed by atoms with E-state index in [2.05, 4.69) is 10.3 Å². The zero-order valence-electron chi connectivity index (χ0n) is 11.1. The molecule has 18 heavy (non-hydrogen) atoms. The summed E-state index contributed by atoms with van der Waals surface area (Å²) >= 11 is 0. The van der Waals surface area contributed by atoms with Crippen molar-refractivity contribution >= 4 is 0 Å². The maximum Gasteiger partial charge on any atom is 0.0880 e. The van der Waals surface area contributed by atoms with E-state index in [1.54, 1.807) is 4.68 Å². The number of ether oxygens (including phenoxy) is 2. The Morgan fingerprint density at radius 3 is 2.83 bits per heavy atom. The van der Waals surface area contributed by atoms with Crippen molar-refractivity contribution in [2.45, 2.75) is 37.8 Å². The van der Waals surface area contributed by atoms with E-state index in [4.69, 9.17) is 15.2 Å². The normalized spacial score (nSPS) is 20.8. The van der Waals surface area contributed by atoms with E-state index in [-0.39, 0.29) is 11.6 Å². The van der Waals surface area contributed by atoms with E-state index in [9.17, 15) is 0 Å². The number of hydrogen-bond donors (Lipinski definition) is 1. The lowest BCUT2D eigenvalue weighted by Gasteiger charge is -2.41. The summed E-state index contributed by atoms with van der Waals surface area (Å²) in [5, 5.41) is 8.02. The molecule has 1 aliphatic heterocycles. The molecule has 1 aromatic heterocycles. The highest BCUT2D eigenvalue weighted by atomic mass is 16.5. The van der Waals surface area contributed by atoms with Crippen molar-refractivity contribution in [3.8, 4) is 0 Å². The quantitative estimate of drug-likeness (QED) is 0.816. The summed E-state index contributed by atoms with van der Waals surface area (Å²) in [5.41, 5.74) is 6.99. The predicted molar refractivity (Wildman–Crippen MR) is 67.1 cm³/mol. The largest absolute Gasteiger partial charge is 0.381 e. The molecule has 2 rings (SSSR count). The van der Waals surface area contributed by atoms with Crippen LogP contribution >= 0.6 is 0 Å². The zero-order chi connectivity index (χ0) is 13.0. The number of rotatable bonds is 5. The molecule has 0 amide bonds. The second kappa shape index (κ2) is 5.77. The molecule has 0 bridgehead atoms. The van der Waals surface area contributed by atoms with Crippen molar-refractivity contribution in [2.75, 3.05) is 19.8 Å². The van der Waals surface area contributed by atoms with Crippen LogP contribution in [0.15, 0.2) is 6.20 Å². The first-order chi connectivity index (χ1) is 8.66. The second-order valence-corrected chi connectivity index (χ2v) is 4.80. The van der Waals surface area contributed by atoms with Crippen LogP contribution in [0.4, 0.5) is 0 Å². The van der Waals surface area contributed by atoms with E-state index in [0.717, 1.165) is 18.5 Å². The molecule has 1 saturated heterocycles. The molecule has 6 nitrogen and oxygen atoms in total. The molecule has 1 aromatic rings. The van der Waals surface area contributed by atoms with Gasteiger partial charge in [0.25, 0.3) is 0 Å². The molecule has 102 valence electrons. The monoisotopic (exact) mass is 254 g/mol. The van der Waals surface area contributed by atoms with Gasteiger partial charge in [-0.15, -0.1) is 5.10 Å². The van der Waals surface area contributed by atoms with E-state index >= 15 is 0 Å². The van der Waals surface area contributed by atoms with Gasteiger partial charge in [-0.1, -0.05) is 5.21 Å². The standard InChI is InChI=1S/C12H22N4O2/c1-3-18-12(4-6-17-7-5-12)11(13)8-10-9-16(2)15-14-10/h9,11H,3-8,13H2,1-2H3. The second-order valence-electron chi connectivity index (χ2n) is 4.80. The van der Waals surface area contributed by atoms with E-state index in [1.165, 1.54) is 0 Å². The van der Waals surface area contributed by atoms with E-state index < -0.39 is 0 Å². The van der Waals surface area contributed by atoms with E-state index in [1.807, 2.05) is 20.2 Å². The van der Waals surface area contributed by atoms with Gasteiger partial charge in [-0.25, -0.2) is 0 Å². The Balaban J connectivity index is 2.05. The Morgan fingerprint density at radius 2 is 2.28 bits per heavy atom. The first-order valence-corrected chi connectivity index (χ1v) is 6.49. The van der Waals surface area contributed by atoms with Crippen LogP contribution in [-0.2, 0) is 22.9 Å². The summed E-state index contributed by atoms with van der Waals surface area (Å²) < 4.78 is 13.1. The average Bonchev–Trinajstić information content (AvgIpc) is 2.76.